The first kappa shape index (κ1) is 18.9. The number of hydrogen-bond acceptors (Lipinski definition) is 3. The third kappa shape index (κ3) is 3.62. The molecule has 0 aliphatic carbocycles. The van der Waals surface area contributed by atoms with Crippen molar-refractivity contribution in [3.8, 4) is 0 Å². The van der Waals surface area contributed by atoms with E-state index in [4.69, 9.17) is 0 Å². The molecule has 2 heterocycles. The van der Waals surface area contributed by atoms with Gasteiger partial charge >= 0.3 is 0 Å². The van der Waals surface area contributed by atoms with Crippen molar-refractivity contribution in [2.24, 2.45) is 0 Å². The van der Waals surface area contributed by atoms with Crippen LogP contribution in [0, 0.1) is 6.92 Å². The van der Waals surface area contributed by atoms with Crippen LogP contribution in [-0.4, -0.2) is 16.3 Å². The lowest BCUT2D eigenvalue weighted by Gasteiger charge is -2.03. The Kier molecular flexibility index (Phi) is 4.85. The number of hydrogen-bond donors (Lipinski definition) is 0. The van der Waals surface area contributed by atoms with Crippen LogP contribution in [0.1, 0.15) is 16.2 Å². The Hall–Kier alpha value is -4.11. The summed E-state index contributed by atoms with van der Waals surface area (Å²) >= 11 is 0. The number of aryl methyl sites for hydroxylation is 1. The van der Waals surface area contributed by atoms with Gasteiger partial charge in [0.15, 0.2) is 6.29 Å². The van der Waals surface area contributed by atoms with Crippen LogP contribution in [0.25, 0.3) is 43.4 Å². The van der Waals surface area contributed by atoms with Gasteiger partial charge < -0.3 is 0 Å². The van der Waals surface area contributed by atoms with Crippen LogP contribution in [-0.2, 0) is 0 Å². The zero-order chi connectivity index (χ0) is 21.2. The summed E-state index contributed by atoms with van der Waals surface area (Å²) in [6, 6.07) is 32.7. The van der Waals surface area contributed by atoms with Crippen molar-refractivity contribution >= 4 is 49.6 Å². The van der Waals surface area contributed by atoms with Crippen LogP contribution < -0.4 is 0 Å². The second-order valence-electron chi connectivity index (χ2n) is 7.52. The molecule has 0 N–H and O–H groups in total. The molecule has 0 atom stereocenters. The van der Waals surface area contributed by atoms with Gasteiger partial charge in [-0.25, -0.2) is 4.98 Å². The van der Waals surface area contributed by atoms with Gasteiger partial charge in [0.25, 0.3) is 0 Å². The zero-order valence-corrected chi connectivity index (χ0v) is 17.1. The lowest BCUT2D eigenvalue weighted by atomic mass is 10.1. The molecule has 3 heteroatoms. The topological polar surface area (TPSA) is 42.9 Å². The van der Waals surface area contributed by atoms with Crippen molar-refractivity contribution in [3.63, 3.8) is 0 Å². The average Bonchev–Trinajstić information content (AvgIpc) is 2.84. The van der Waals surface area contributed by atoms with Gasteiger partial charge in [0.05, 0.1) is 11.0 Å². The molecule has 0 aliphatic rings. The largest absolute Gasteiger partial charge is 0.296 e. The van der Waals surface area contributed by atoms with Gasteiger partial charge in [-0.05, 0) is 29.8 Å². The quantitative estimate of drug-likeness (QED) is 0.223. The van der Waals surface area contributed by atoms with Gasteiger partial charge in [-0.2, -0.15) is 0 Å². The van der Waals surface area contributed by atoms with Crippen molar-refractivity contribution in [1.82, 2.24) is 9.97 Å². The maximum atomic E-state index is 10.7. The monoisotopic (exact) mass is 400 g/mol. The first-order valence-corrected chi connectivity index (χ1v) is 10.2. The molecule has 0 bridgehead atoms. The van der Waals surface area contributed by atoms with Crippen molar-refractivity contribution in [2.75, 3.05) is 0 Å². The second kappa shape index (κ2) is 7.96. The minimum Gasteiger partial charge on any atom is -0.296 e. The Labute approximate surface area is 180 Å². The maximum Gasteiger partial charge on any atom is 0.168 e. The summed E-state index contributed by atoms with van der Waals surface area (Å²) in [6.07, 6.45) is 0.779. The number of aldehydes is 1. The van der Waals surface area contributed by atoms with Gasteiger partial charge in [0.2, 0.25) is 0 Å². The van der Waals surface area contributed by atoms with E-state index >= 15 is 0 Å². The molecule has 0 spiro atoms. The number of rotatable bonds is 1. The Morgan fingerprint density at radius 3 is 1.65 bits per heavy atom. The van der Waals surface area contributed by atoms with Gasteiger partial charge in [-0.15, -0.1) is 0 Å². The lowest BCUT2D eigenvalue weighted by Crippen LogP contribution is -1.88. The van der Waals surface area contributed by atoms with E-state index < -0.39 is 0 Å². The molecule has 6 rings (SSSR count). The normalized spacial score (nSPS) is 10.9. The van der Waals surface area contributed by atoms with E-state index in [1.54, 1.807) is 6.07 Å². The van der Waals surface area contributed by atoms with Crippen LogP contribution in [0.5, 0.6) is 0 Å². The first-order chi connectivity index (χ1) is 15.2. The molecule has 0 amide bonds. The zero-order valence-electron chi connectivity index (χ0n) is 17.1. The highest BCUT2D eigenvalue weighted by molar-refractivity contribution is 6.06. The van der Waals surface area contributed by atoms with Crippen LogP contribution in [0.3, 0.4) is 0 Å². The number of fused-ring (bicyclic) bond motifs is 6. The highest BCUT2D eigenvalue weighted by Gasteiger charge is 2.02. The second-order valence-corrected chi connectivity index (χ2v) is 7.52. The number of carbonyl (C=O) groups is 1. The van der Waals surface area contributed by atoms with Crippen molar-refractivity contribution < 1.29 is 4.79 Å². The van der Waals surface area contributed by atoms with E-state index in [2.05, 4.69) is 64.6 Å². The molecule has 0 fully saturated rings. The Bertz CT molecular complexity index is 1570. The number of pyridine rings is 2. The van der Waals surface area contributed by atoms with Gasteiger partial charge in [0.1, 0.15) is 5.69 Å². The summed E-state index contributed by atoms with van der Waals surface area (Å²) in [5.74, 6) is 0. The van der Waals surface area contributed by atoms with Gasteiger partial charge in [-0.1, -0.05) is 84.9 Å². The molecule has 0 radical (unpaired) electrons. The van der Waals surface area contributed by atoms with Crippen molar-refractivity contribution in [3.05, 3.63) is 108 Å². The standard InChI is InChI=1S/C14H9NO.C14H11N/c16-9-12-8-7-11-6-5-10-3-1-2-4-13(10)14(11)15-12;1-10-6-7-12-9-8-11-4-2-3-5-13(11)14(12)15-10/h1-9H;2-9H,1H3. The van der Waals surface area contributed by atoms with Crippen molar-refractivity contribution in [2.45, 2.75) is 6.92 Å². The van der Waals surface area contributed by atoms with Crippen LogP contribution >= 0.6 is 0 Å². The Balaban J connectivity index is 0.000000132. The molecule has 2 aromatic heterocycles. The molecule has 3 nitrogen and oxygen atoms in total. The predicted molar refractivity (Wildman–Crippen MR) is 129 cm³/mol. The fraction of sp³-hybridized carbons (Fsp3) is 0.0357. The maximum absolute atomic E-state index is 10.7. The summed E-state index contributed by atoms with van der Waals surface area (Å²) in [6.45, 7) is 2.03. The van der Waals surface area contributed by atoms with Crippen molar-refractivity contribution in [1.29, 1.82) is 0 Å². The Morgan fingerprint density at radius 1 is 0.548 bits per heavy atom. The molecule has 6 aromatic rings. The molecule has 4 aromatic carbocycles. The summed E-state index contributed by atoms with van der Waals surface area (Å²) in [5, 5.41) is 6.99. The van der Waals surface area contributed by atoms with E-state index in [-0.39, 0.29) is 0 Å². The highest BCUT2D eigenvalue weighted by atomic mass is 16.1. The Morgan fingerprint density at radius 2 is 1.03 bits per heavy atom. The summed E-state index contributed by atoms with van der Waals surface area (Å²) < 4.78 is 0. The third-order valence-electron chi connectivity index (χ3n) is 5.45. The predicted octanol–water partition coefficient (Wildman–Crippen LogP) is 6.90. The average molecular weight is 400 g/mol. The number of benzene rings is 4. The summed E-state index contributed by atoms with van der Waals surface area (Å²) in [7, 11) is 0. The smallest absolute Gasteiger partial charge is 0.168 e. The van der Waals surface area contributed by atoms with Crippen LogP contribution in [0.4, 0.5) is 0 Å². The lowest BCUT2D eigenvalue weighted by molar-refractivity contribution is 0.111. The third-order valence-corrected chi connectivity index (χ3v) is 5.45. The highest BCUT2D eigenvalue weighted by Crippen LogP contribution is 2.24. The molecule has 0 saturated heterocycles. The number of nitrogens with zero attached hydrogens (tertiary/aromatic N) is 2. The van der Waals surface area contributed by atoms with E-state index in [1.807, 2.05) is 43.3 Å². The summed E-state index contributed by atoms with van der Waals surface area (Å²) in [5.41, 5.74) is 3.54. The molecular formula is C28H20N2O. The minimum absolute atomic E-state index is 0.476. The van der Waals surface area contributed by atoms with Gasteiger partial charge in [-0.3, -0.25) is 9.78 Å². The number of carbonyl (C=O) groups excluding carboxylic acids is 1. The minimum atomic E-state index is 0.476. The fourth-order valence-corrected chi connectivity index (χ4v) is 3.89. The van der Waals surface area contributed by atoms with E-state index in [1.165, 1.54) is 16.2 Å². The molecule has 0 unspecified atom stereocenters. The SMILES string of the molecule is Cc1ccc2ccc3ccccc3c2n1.O=Cc1ccc2ccc3ccccc3c2n1. The van der Waals surface area contributed by atoms with E-state index in [9.17, 15) is 4.79 Å². The van der Waals surface area contributed by atoms with E-state index in [0.717, 1.165) is 39.2 Å². The fourth-order valence-electron chi connectivity index (χ4n) is 3.89. The molecular weight excluding hydrogens is 380 g/mol. The summed E-state index contributed by atoms with van der Waals surface area (Å²) in [4.78, 5) is 19.7. The molecule has 0 saturated carbocycles. The van der Waals surface area contributed by atoms with E-state index in [0.29, 0.717) is 5.69 Å². The van der Waals surface area contributed by atoms with Crippen LogP contribution in [0.2, 0.25) is 0 Å². The number of aromatic nitrogens is 2. The van der Waals surface area contributed by atoms with Crippen LogP contribution in [0.15, 0.2) is 97.1 Å². The van der Waals surface area contributed by atoms with Gasteiger partial charge in [0, 0.05) is 27.2 Å². The molecule has 31 heavy (non-hydrogen) atoms. The molecule has 148 valence electrons. The molecule has 0 aliphatic heterocycles. The first-order valence-electron chi connectivity index (χ1n) is 10.2.